The SMILES string of the molecule is CC(=O)O[C@H]1CC[C@@]2(C)C(=CC[C@@H]3[C@H]4CC[C@@H]([C@H](C)CCCC(C)C)[C@]4(C)CC[C@H]32)C1. The van der Waals surface area contributed by atoms with Gasteiger partial charge in [0.2, 0.25) is 0 Å². The highest BCUT2D eigenvalue weighted by atomic mass is 16.5. The van der Waals surface area contributed by atoms with Gasteiger partial charge >= 0.3 is 5.97 Å². The molecule has 0 bridgehead atoms. The van der Waals surface area contributed by atoms with Crippen LogP contribution in [0.15, 0.2) is 11.6 Å². The zero-order valence-corrected chi connectivity index (χ0v) is 21.2. The molecule has 0 N–H and O–H groups in total. The van der Waals surface area contributed by atoms with E-state index in [2.05, 4.69) is 40.7 Å². The topological polar surface area (TPSA) is 26.3 Å². The van der Waals surface area contributed by atoms with Gasteiger partial charge in [-0.15, -0.1) is 0 Å². The number of rotatable bonds is 6. The maximum Gasteiger partial charge on any atom is 0.302 e. The van der Waals surface area contributed by atoms with Crippen LogP contribution in [0, 0.1) is 46.3 Å². The molecule has 31 heavy (non-hydrogen) atoms. The molecule has 3 fully saturated rings. The summed E-state index contributed by atoms with van der Waals surface area (Å²) in [6.45, 7) is 14.1. The number of carbonyl (C=O) groups excluding carboxylic acids is 1. The Morgan fingerprint density at radius 3 is 2.55 bits per heavy atom. The molecule has 4 aliphatic rings. The van der Waals surface area contributed by atoms with Crippen LogP contribution in [0.4, 0.5) is 0 Å². The summed E-state index contributed by atoms with van der Waals surface area (Å²) in [5, 5.41) is 0. The number of hydrogen-bond donors (Lipinski definition) is 0. The summed E-state index contributed by atoms with van der Waals surface area (Å²) in [5.41, 5.74) is 2.53. The molecule has 0 aromatic carbocycles. The summed E-state index contributed by atoms with van der Waals surface area (Å²) in [7, 11) is 0. The molecule has 0 aromatic rings. The number of ether oxygens (including phenoxy) is 1. The highest BCUT2D eigenvalue weighted by molar-refractivity contribution is 5.66. The zero-order chi connectivity index (χ0) is 22.4. The van der Waals surface area contributed by atoms with Crippen LogP contribution in [0.2, 0.25) is 0 Å². The van der Waals surface area contributed by atoms with E-state index in [0.29, 0.717) is 10.8 Å². The Labute approximate surface area is 192 Å². The van der Waals surface area contributed by atoms with E-state index >= 15 is 0 Å². The molecule has 2 heteroatoms. The lowest BCUT2D eigenvalue weighted by Gasteiger charge is -2.58. The first-order chi connectivity index (χ1) is 14.6. The lowest BCUT2D eigenvalue weighted by molar-refractivity contribution is -0.148. The van der Waals surface area contributed by atoms with Gasteiger partial charge in [-0.05, 0) is 91.3 Å². The van der Waals surface area contributed by atoms with Crippen LogP contribution in [-0.4, -0.2) is 12.1 Å². The van der Waals surface area contributed by atoms with Crippen LogP contribution >= 0.6 is 0 Å². The molecule has 0 radical (unpaired) electrons. The second-order valence-electron chi connectivity index (χ2n) is 12.8. The molecular formula is C29H48O2. The van der Waals surface area contributed by atoms with Crippen molar-refractivity contribution < 1.29 is 9.53 Å². The first kappa shape index (κ1) is 23.4. The highest BCUT2D eigenvalue weighted by Crippen LogP contribution is 2.67. The quantitative estimate of drug-likeness (QED) is 0.317. The fourth-order valence-electron chi connectivity index (χ4n) is 8.99. The summed E-state index contributed by atoms with van der Waals surface area (Å²) in [6.07, 6.45) is 17.2. The molecule has 176 valence electrons. The number of esters is 1. The second kappa shape index (κ2) is 8.86. The minimum Gasteiger partial charge on any atom is -0.462 e. The van der Waals surface area contributed by atoms with Crippen LogP contribution in [-0.2, 0) is 9.53 Å². The number of hydrogen-bond acceptors (Lipinski definition) is 2. The molecule has 8 atom stereocenters. The van der Waals surface area contributed by atoms with Gasteiger partial charge in [0.05, 0.1) is 0 Å². The number of allylic oxidation sites excluding steroid dienone is 1. The largest absolute Gasteiger partial charge is 0.462 e. The first-order valence-electron chi connectivity index (χ1n) is 13.5. The lowest BCUT2D eigenvalue weighted by atomic mass is 9.47. The van der Waals surface area contributed by atoms with Crippen molar-refractivity contribution in [2.45, 2.75) is 118 Å². The van der Waals surface area contributed by atoms with Crippen LogP contribution < -0.4 is 0 Å². The molecule has 0 aliphatic heterocycles. The third kappa shape index (κ3) is 4.26. The fourth-order valence-corrected chi connectivity index (χ4v) is 8.99. The van der Waals surface area contributed by atoms with Gasteiger partial charge in [-0.2, -0.15) is 0 Å². The maximum absolute atomic E-state index is 11.5. The predicted octanol–water partition coefficient (Wildman–Crippen LogP) is 7.96. The minimum absolute atomic E-state index is 0.115. The maximum atomic E-state index is 11.5. The molecule has 0 aromatic heterocycles. The van der Waals surface area contributed by atoms with Gasteiger partial charge in [0.15, 0.2) is 0 Å². The second-order valence-corrected chi connectivity index (χ2v) is 12.8. The third-order valence-corrected chi connectivity index (χ3v) is 10.6. The molecule has 0 heterocycles. The van der Waals surface area contributed by atoms with Gasteiger partial charge in [0, 0.05) is 13.3 Å². The Morgan fingerprint density at radius 1 is 1.06 bits per heavy atom. The smallest absolute Gasteiger partial charge is 0.302 e. The molecule has 4 aliphatic carbocycles. The van der Waals surface area contributed by atoms with E-state index in [1.165, 1.54) is 57.8 Å². The van der Waals surface area contributed by atoms with E-state index in [9.17, 15) is 4.79 Å². The standard InChI is InChI=1S/C29H48O2/c1-19(2)8-7-9-20(3)25-12-13-26-24-11-10-22-18-23(31-21(4)30)14-16-28(22,5)27(24)15-17-29(25,26)6/h10,19-20,23-27H,7-9,11-18H2,1-6H3/t20-,23+,24-,25+,26-,27-,28+,29+/m1/s1. The van der Waals surface area contributed by atoms with Crippen molar-refractivity contribution in [1.29, 1.82) is 0 Å². The third-order valence-electron chi connectivity index (χ3n) is 10.6. The van der Waals surface area contributed by atoms with Gasteiger partial charge in [-0.25, -0.2) is 0 Å². The van der Waals surface area contributed by atoms with Crippen molar-refractivity contribution >= 4 is 5.97 Å². The summed E-state index contributed by atoms with van der Waals surface area (Å²) in [5.74, 6) is 5.19. The predicted molar refractivity (Wildman–Crippen MR) is 129 cm³/mol. The molecule has 0 spiro atoms. The molecule has 0 amide bonds. The van der Waals surface area contributed by atoms with E-state index in [1.54, 1.807) is 12.5 Å². The molecule has 4 rings (SSSR count). The summed E-state index contributed by atoms with van der Waals surface area (Å²) in [6, 6.07) is 0. The van der Waals surface area contributed by atoms with Crippen LogP contribution in [0.3, 0.4) is 0 Å². The van der Waals surface area contributed by atoms with E-state index in [1.807, 2.05) is 0 Å². The van der Waals surface area contributed by atoms with E-state index < -0.39 is 0 Å². The van der Waals surface area contributed by atoms with Crippen molar-refractivity contribution in [2.75, 3.05) is 0 Å². The number of carbonyl (C=O) groups is 1. The zero-order valence-electron chi connectivity index (χ0n) is 21.2. The fraction of sp³-hybridized carbons (Fsp3) is 0.897. The summed E-state index contributed by atoms with van der Waals surface area (Å²) >= 11 is 0. The average Bonchev–Trinajstić information content (AvgIpc) is 3.05. The average molecular weight is 429 g/mol. The first-order valence-corrected chi connectivity index (χ1v) is 13.5. The molecule has 0 saturated heterocycles. The van der Waals surface area contributed by atoms with Crippen LogP contribution in [0.5, 0.6) is 0 Å². The van der Waals surface area contributed by atoms with Gasteiger partial charge in [-0.1, -0.05) is 65.5 Å². The Morgan fingerprint density at radius 2 is 1.84 bits per heavy atom. The van der Waals surface area contributed by atoms with Crippen molar-refractivity contribution in [3.63, 3.8) is 0 Å². The van der Waals surface area contributed by atoms with Gasteiger partial charge in [0.25, 0.3) is 0 Å². The van der Waals surface area contributed by atoms with Crippen molar-refractivity contribution in [3.8, 4) is 0 Å². The van der Waals surface area contributed by atoms with Crippen molar-refractivity contribution in [1.82, 2.24) is 0 Å². The number of fused-ring (bicyclic) bond motifs is 5. The Bertz CT molecular complexity index is 693. The van der Waals surface area contributed by atoms with E-state index in [0.717, 1.165) is 48.3 Å². The molecule has 3 saturated carbocycles. The Kier molecular flexibility index (Phi) is 6.68. The minimum atomic E-state index is -0.115. The van der Waals surface area contributed by atoms with Crippen LogP contribution in [0.25, 0.3) is 0 Å². The lowest BCUT2D eigenvalue weighted by Crippen LogP contribution is -2.51. The van der Waals surface area contributed by atoms with E-state index in [4.69, 9.17) is 4.74 Å². The van der Waals surface area contributed by atoms with Gasteiger partial charge in [0.1, 0.15) is 6.10 Å². The Hall–Kier alpha value is -0.790. The molecule has 2 nitrogen and oxygen atoms in total. The summed E-state index contributed by atoms with van der Waals surface area (Å²) < 4.78 is 5.61. The van der Waals surface area contributed by atoms with E-state index in [-0.39, 0.29) is 12.1 Å². The summed E-state index contributed by atoms with van der Waals surface area (Å²) in [4.78, 5) is 11.5. The monoisotopic (exact) mass is 428 g/mol. The van der Waals surface area contributed by atoms with Gasteiger partial charge in [-0.3, -0.25) is 4.79 Å². The molecule has 0 unspecified atom stereocenters. The van der Waals surface area contributed by atoms with Crippen LogP contribution in [0.1, 0.15) is 112 Å². The molecular weight excluding hydrogens is 380 g/mol. The normalized spacial score (nSPS) is 42.9. The van der Waals surface area contributed by atoms with Gasteiger partial charge < -0.3 is 4.74 Å². The highest BCUT2D eigenvalue weighted by Gasteiger charge is 2.59. The van der Waals surface area contributed by atoms with Crippen molar-refractivity contribution in [2.24, 2.45) is 46.3 Å². The Balaban J connectivity index is 1.47. The van der Waals surface area contributed by atoms with Crippen molar-refractivity contribution in [3.05, 3.63) is 11.6 Å².